The molecule has 0 aliphatic heterocycles. The molecule has 4 rings (SSSR count). The lowest BCUT2D eigenvalue weighted by molar-refractivity contribution is 0.339. The van der Waals surface area contributed by atoms with Crippen LogP contribution in [-0.4, -0.2) is 32.1 Å². The molecule has 152 valence electrons. The molecule has 30 heavy (non-hydrogen) atoms. The van der Waals surface area contributed by atoms with Crippen LogP contribution in [0, 0.1) is 19.7 Å². The largest absolute Gasteiger partial charge is 0.492 e. The molecule has 2 heterocycles. The first-order valence-corrected chi connectivity index (χ1v) is 10.6. The maximum atomic E-state index is 13.5. The molecule has 0 radical (unpaired) electrons. The Morgan fingerprint density at radius 2 is 1.63 bits per heavy atom. The van der Waals surface area contributed by atoms with Crippen molar-refractivity contribution in [3.05, 3.63) is 83.9 Å². The quantitative estimate of drug-likeness (QED) is 0.302. The molecule has 5 nitrogen and oxygen atoms in total. The minimum atomic E-state index is -0.284. The summed E-state index contributed by atoms with van der Waals surface area (Å²) in [6.07, 6.45) is 3.42. The first-order chi connectivity index (χ1) is 14.6. The van der Waals surface area contributed by atoms with Crippen LogP contribution in [0.5, 0.6) is 5.75 Å². The Morgan fingerprint density at radius 3 is 2.33 bits per heavy atom. The van der Waals surface area contributed by atoms with E-state index in [1.165, 1.54) is 12.1 Å². The Labute approximate surface area is 179 Å². The van der Waals surface area contributed by atoms with E-state index >= 15 is 0 Å². The molecular formula is C23H21FN4OS. The van der Waals surface area contributed by atoms with Gasteiger partial charge in [-0.2, -0.15) is 0 Å². The number of hydrogen-bond acceptors (Lipinski definition) is 5. The predicted molar refractivity (Wildman–Crippen MR) is 117 cm³/mol. The van der Waals surface area contributed by atoms with Gasteiger partial charge in [0.15, 0.2) is 11.0 Å². The molecule has 0 fully saturated rings. The summed E-state index contributed by atoms with van der Waals surface area (Å²) in [6.45, 7) is 4.63. The number of pyridine rings is 1. The van der Waals surface area contributed by atoms with Crippen LogP contribution >= 0.6 is 11.8 Å². The van der Waals surface area contributed by atoms with Crippen LogP contribution < -0.4 is 4.74 Å². The van der Waals surface area contributed by atoms with Crippen molar-refractivity contribution in [2.24, 2.45) is 0 Å². The van der Waals surface area contributed by atoms with Gasteiger partial charge in [0.05, 0.1) is 6.61 Å². The van der Waals surface area contributed by atoms with Gasteiger partial charge in [-0.1, -0.05) is 30.0 Å². The van der Waals surface area contributed by atoms with Gasteiger partial charge in [-0.3, -0.25) is 9.55 Å². The van der Waals surface area contributed by atoms with Crippen molar-refractivity contribution in [3.63, 3.8) is 0 Å². The summed E-state index contributed by atoms with van der Waals surface area (Å²) in [5, 5.41) is 9.48. The third-order valence-electron chi connectivity index (χ3n) is 4.63. The van der Waals surface area contributed by atoms with Crippen LogP contribution in [0.25, 0.3) is 17.1 Å². The number of aryl methyl sites for hydroxylation is 2. The second-order valence-electron chi connectivity index (χ2n) is 6.77. The van der Waals surface area contributed by atoms with E-state index in [0.717, 1.165) is 33.3 Å². The molecule has 0 atom stereocenters. The molecule has 4 aromatic rings. The van der Waals surface area contributed by atoms with Crippen molar-refractivity contribution in [2.45, 2.75) is 19.0 Å². The van der Waals surface area contributed by atoms with Crippen LogP contribution in [0.2, 0.25) is 0 Å². The van der Waals surface area contributed by atoms with E-state index < -0.39 is 0 Å². The zero-order chi connectivity index (χ0) is 20.9. The lowest BCUT2D eigenvalue weighted by Gasteiger charge is -2.12. The van der Waals surface area contributed by atoms with E-state index in [1.54, 1.807) is 36.3 Å². The lowest BCUT2D eigenvalue weighted by atomic mass is 10.1. The van der Waals surface area contributed by atoms with Crippen molar-refractivity contribution in [2.75, 3.05) is 12.4 Å². The van der Waals surface area contributed by atoms with Gasteiger partial charge in [0.1, 0.15) is 11.6 Å². The minimum Gasteiger partial charge on any atom is -0.492 e. The number of para-hydroxylation sites is 1. The van der Waals surface area contributed by atoms with Crippen molar-refractivity contribution in [3.8, 4) is 22.8 Å². The number of benzene rings is 2. The number of nitrogens with zero attached hydrogens (tertiary/aromatic N) is 4. The topological polar surface area (TPSA) is 52.8 Å². The fraction of sp³-hybridized carbons (Fsp3) is 0.174. The highest BCUT2D eigenvalue weighted by Crippen LogP contribution is 2.28. The highest BCUT2D eigenvalue weighted by molar-refractivity contribution is 7.99. The van der Waals surface area contributed by atoms with Crippen LogP contribution in [-0.2, 0) is 0 Å². The van der Waals surface area contributed by atoms with E-state index in [0.29, 0.717) is 18.2 Å². The number of thioether (sulfide) groups is 1. The normalized spacial score (nSPS) is 10.9. The summed E-state index contributed by atoms with van der Waals surface area (Å²) in [5.74, 6) is 2.02. The van der Waals surface area contributed by atoms with Crippen molar-refractivity contribution < 1.29 is 9.13 Å². The van der Waals surface area contributed by atoms with Crippen molar-refractivity contribution >= 4 is 11.8 Å². The molecule has 0 saturated heterocycles. The fourth-order valence-corrected chi connectivity index (χ4v) is 3.95. The van der Waals surface area contributed by atoms with Crippen LogP contribution in [0.4, 0.5) is 4.39 Å². The highest BCUT2D eigenvalue weighted by Gasteiger charge is 2.16. The summed E-state index contributed by atoms with van der Waals surface area (Å²) in [4.78, 5) is 4.07. The van der Waals surface area contributed by atoms with Gasteiger partial charge in [0.2, 0.25) is 0 Å². The fourth-order valence-electron chi connectivity index (χ4n) is 3.18. The van der Waals surface area contributed by atoms with E-state index in [2.05, 4.69) is 15.2 Å². The maximum Gasteiger partial charge on any atom is 0.196 e. The molecule has 0 spiro atoms. The number of rotatable bonds is 7. The van der Waals surface area contributed by atoms with Crippen molar-refractivity contribution in [1.82, 2.24) is 19.7 Å². The molecule has 0 unspecified atom stereocenters. The highest BCUT2D eigenvalue weighted by atomic mass is 32.2. The number of halogens is 1. The third-order valence-corrected chi connectivity index (χ3v) is 5.52. The van der Waals surface area contributed by atoms with E-state index in [1.807, 2.05) is 48.7 Å². The molecule has 7 heteroatoms. The molecule has 0 aliphatic rings. The SMILES string of the molecule is Cc1cccc(C)c1OCCSc1nnc(-c2ccncc2)n1-c1ccc(F)cc1. The minimum absolute atomic E-state index is 0.284. The molecule has 2 aromatic carbocycles. The molecular weight excluding hydrogens is 399 g/mol. The van der Waals surface area contributed by atoms with Gasteiger partial charge in [-0.05, 0) is 61.4 Å². The van der Waals surface area contributed by atoms with Crippen LogP contribution in [0.1, 0.15) is 11.1 Å². The van der Waals surface area contributed by atoms with Gasteiger partial charge in [0, 0.05) is 29.4 Å². The lowest BCUT2D eigenvalue weighted by Crippen LogP contribution is -2.05. The monoisotopic (exact) mass is 420 g/mol. The molecule has 0 aliphatic carbocycles. The second-order valence-corrected chi connectivity index (χ2v) is 7.83. The first-order valence-electron chi connectivity index (χ1n) is 9.57. The van der Waals surface area contributed by atoms with Gasteiger partial charge in [-0.25, -0.2) is 4.39 Å². The smallest absolute Gasteiger partial charge is 0.196 e. The van der Waals surface area contributed by atoms with E-state index in [-0.39, 0.29) is 5.82 Å². The Balaban J connectivity index is 1.56. The predicted octanol–water partition coefficient (Wildman–Crippen LogP) is 5.26. The molecule has 0 bridgehead atoms. The summed E-state index contributed by atoms with van der Waals surface area (Å²) in [6, 6.07) is 16.2. The second kappa shape index (κ2) is 9.09. The average Bonchev–Trinajstić information content (AvgIpc) is 3.18. The summed E-state index contributed by atoms with van der Waals surface area (Å²) < 4.78 is 21.4. The van der Waals surface area contributed by atoms with E-state index in [4.69, 9.17) is 4.74 Å². The molecule has 0 N–H and O–H groups in total. The standard InChI is InChI=1S/C23H21FN4OS/c1-16-4-3-5-17(2)21(16)29-14-15-30-23-27-26-22(18-10-12-25-13-11-18)28(23)20-8-6-19(24)7-9-20/h3-13H,14-15H2,1-2H3. The van der Waals surface area contributed by atoms with Crippen molar-refractivity contribution in [1.29, 1.82) is 0 Å². The first kappa shape index (κ1) is 20.1. The molecule has 2 aromatic heterocycles. The van der Waals surface area contributed by atoms with E-state index in [9.17, 15) is 4.39 Å². The number of hydrogen-bond donors (Lipinski definition) is 0. The van der Waals surface area contributed by atoms with Gasteiger partial charge in [0.25, 0.3) is 0 Å². The molecule has 0 saturated carbocycles. The number of aromatic nitrogens is 4. The summed E-state index contributed by atoms with van der Waals surface area (Å²) in [7, 11) is 0. The zero-order valence-corrected chi connectivity index (χ0v) is 17.6. The Bertz CT molecular complexity index is 1110. The van der Waals surface area contributed by atoms with Crippen LogP contribution in [0.3, 0.4) is 0 Å². The number of ether oxygens (including phenoxy) is 1. The van der Waals surface area contributed by atoms with Gasteiger partial charge < -0.3 is 4.74 Å². The van der Waals surface area contributed by atoms with Gasteiger partial charge >= 0.3 is 0 Å². The maximum absolute atomic E-state index is 13.5. The molecule has 0 amide bonds. The zero-order valence-electron chi connectivity index (χ0n) is 16.7. The summed E-state index contributed by atoms with van der Waals surface area (Å²) >= 11 is 1.55. The van der Waals surface area contributed by atoms with Crippen LogP contribution in [0.15, 0.2) is 72.1 Å². The Kier molecular flexibility index (Phi) is 6.09. The van der Waals surface area contributed by atoms with Gasteiger partial charge in [-0.15, -0.1) is 10.2 Å². The average molecular weight is 421 g/mol. The Morgan fingerprint density at radius 1 is 0.933 bits per heavy atom. The third kappa shape index (κ3) is 4.36. The summed E-state index contributed by atoms with van der Waals surface area (Å²) in [5.41, 5.74) is 3.93. The Hall–Kier alpha value is -3.19.